The van der Waals surface area contributed by atoms with E-state index >= 15 is 0 Å². The van der Waals surface area contributed by atoms with Crippen LogP contribution in [0.25, 0.3) is 0 Å². The van der Waals surface area contributed by atoms with Crippen LogP contribution in [0.4, 0.5) is 17.3 Å². The molecule has 0 saturated heterocycles. The fourth-order valence-corrected chi connectivity index (χ4v) is 2.56. The average molecular weight is 292 g/mol. The standard InChI is InChI=1S/C13H16N4O2S/c1-3-16(9-11-5-4-6-20-11)13-8-10(17(18)19)7-12(14-2)15-13/h4-8H,3,9H2,1-2H3,(H,14,15). The van der Waals surface area contributed by atoms with Crippen LogP contribution in [0.5, 0.6) is 0 Å². The van der Waals surface area contributed by atoms with Gasteiger partial charge in [0.2, 0.25) is 0 Å². The van der Waals surface area contributed by atoms with Crippen molar-refractivity contribution in [3.05, 3.63) is 44.6 Å². The van der Waals surface area contributed by atoms with Crippen LogP contribution in [0.2, 0.25) is 0 Å². The molecule has 6 nitrogen and oxygen atoms in total. The Morgan fingerprint density at radius 2 is 2.30 bits per heavy atom. The quantitative estimate of drug-likeness (QED) is 0.654. The molecule has 2 rings (SSSR count). The second kappa shape index (κ2) is 6.33. The molecule has 0 aliphatic rings. The summed E-state index contributed by atoms with van der Waals surface area (Å²) in [6.07, 6.45) is 0. The van der Waals surface area contributed by atoms with Crippen molar-refractivity contribution in [2.75, 3.05) is 23.8 Å². The van der Waals surface area contributed by atoms with E-state index < -0.39 is 4.92 Å². The van der Waals surface area contributed by atoms with E-state index in [0.717, 1.165) is 6.54 Å². The molecule has 7 heteroatoms. The summed E-state index contributed by atoms with van der Waals surface area (Å²) in [5, 5.41) is 15.9. The molecule has 0 unspecified atom stereocenters. The normalized spacial score (nSPS) is 10.3. The lowest BCUT2D eigenvalue weighted by atomic mass is 10.3. The van der Waals surface area contributed by atoms with Crippen molar-refractivity contribution in [1.29, 1.82) is 0 Å². The van der Waals surface area contributed by atoms with E-state index in [4.69, 9.17) is 0 Å². The topological polar surface area (TPSA) is 71.3 Å². The molecule has 0 radical (unpaired) electrons. The minimum absolute atomic E-state index is 0.0454. The van der Waals surface area contributed by atoms with Gasteiger partial charge in [-0.25, -0.2) is 4.98 Å². The Morgan fingerprint density at radius 1 is 1.50 bits per heavy atom. The Morgan fingerprint density at radius 3 is 2.85 bits per heavy atom. The molecule has 0 fully saturated rings. The fourth-order valence-electron chi connectivity index (χ4n) is 1.84. The van der Waals surface area contributed by atoms with E-state index in [0.29, 0.717) is 18.2 Å². The first-order valence-corrected chi connectivity index (χ1v) is 7.13. The highest BCUT2D eigenvalue weighted by Crippen LogP contribution is 2.25. The molecular formula is C13H16N4O2S. The van der Waals surface area contributed by atoms with Crippen molar-refractivity contribution in [2.45, 2.75) is 13.5 Å². The summed E-state index contributed by atoms with van der Waals surface area (Å²) in [7, 11) is 1.70. The first-order chi connectivity index (χ1) is 9.63. The maximum absolute atomic E-state index is 11.0. The van der Waals surface area contributed by atoms with Crippen LogP contribution in [0.1, 0.15) is 11.8 Å². The predicted molar refractivity (Wildman–Crippen MR) is 81.5 cm³/mol. The molecule has 0 saturated carbocycles. The maximum Gasteiger partial charge on any atom is 0.276 e. The number of hydrogen-bond donors (Lipinski definition) is 1. The summed E-state index contributed by atoms with van der Waals surface area (Å²) in [4.78, 5) is 18.2. The van der Waals surface area contributed by atoms with Crippen molar-refractivity contribution in [3.63, 3.8) is 0 Å². The van der Waals surface area contributed by atoms with E-state index in [9.17, 15) is 10.1 Å². The van der Waals surface area contributed by atoms with Crippen LogP contribution in [-0.4, -0.2) is 23.5 Å². The highest BCUT2D eigenvalue weighted by molar-refractivity contribution is 7.09. The number of anilines is 2. The summed E-state index contributed by atoms with van der Waals surface area (Å²) in [6, 6.07) is 6.98. The Labute approximate surface area is 121 Å². The van der Waals surface area contributed by atoms with E-state index in [-0.39, 0.29) is 5.69 Å². The minimum atomic E-state index is -0.398. The summed E-state index contributed by atoms with van der Waals surface area (Å²) in [5.41, 5.74) is 0.0454. The van der Waals surface area contributed by atoms with E-state index in [1.54, 1.807) is 18.4 Å². The van der Waals surface area contributed by atoms with Gasteiger partial charge in [-0.3, -0.25) is 10.1 Å². The molecule has 0 spiro atoms. The number of nitrogens with one attached hydrogen (secondary N) is 1. The van der Waals surface area contributed by atoms with Crippen LogP contribution in [-0.2, 0) is 6.54 Å². The predicted octanol–water partition coefficient (Wildman–Crippen LogP) is 3.12. The second-order valence-corrected chi connectivity index (χ2v) is 5.20. The average Bonchev–Trinajstić information content (AvgIpc) is 2.97. The Balaban J connectivity index is 2.32. The number of aromatic nitrogens is 1. The van der Waals surface area contributed by atoms with Crippen LogP contribution >= 0.6 is 11.3 Å². The molecule has 0 amide bonds. The molecular weight excluding hydrogens is 276 g/mol. The minimum Gasteiger partial charge on any atom is -0.373 e. The van der Waals surface area contributed by atoms with Crippen molar-refractivity contribution in [1.82, 2.24) is 4.98 Å². The van der Waals surface area contributed by atoms with Crippen LogP contribution in [0.15, 0.2) is 29.6 Å². The van der Waals surface area contributed by atoms with Crippen molar-refractivity contribution < 1.29 is 4.92 Å². The Kier molecular flexibility index (Phi) is 4.52. The Hall–Kier alpha value is -2.15. The van der Waals surface area contributed by atoms with Crippen LogP contribution in [0, 0.1) is 10.1 Å². The molecule has 0 aliphatic carbocycles. The summed E-state index contributed by atoms with van der Waals surface area (Å²) in [5.74, 6) is 1.11. The van der Waals surface area contributed by atoms with Crippen LogP contribution in [0.3, 0.4) is 0 Å². The Bertz CT molecular complexity index is 586. The molecule has 0 aliphatic heterocycles. The lowest BCUT2D eigenvalue weighted by Gasteiger charge is -2.21. The molecule has 20 heavy (non-hydrogen) atoms. The molecule has 0 atom stereocenters. The highest BCUT2D eigenvalue weighted by atomic mass is 32.1. The molecule has 2 heterocycles. The number of rotatable bonds is 6. The summed E-state index contributed by atoms with van der Waals surface area (Å²) in [6.45, 7) is 3.44. The van der Waals surface area contributed by atoms with Gasteiger partial charge in [0.15, 0.2) is 0 Å². The molecule has 2 aromatic heterocycles. The zero-order chi connectivity index (χ0) is 14.5. The molecule has 0 aromatic carbocycles. The first kappa shape index (κ1) is 14.3. The van der Waals surface area contributed by atoms with Gasteiger partial charge >= 0.3 is 0 Å². The SMILES string of the molecule is CCN(Cc1cccs1)c1cc([N+](=O)[O-])cc(NC)n1. The molecule has 1 N–H and O–H groups in total. The zero-order valence-corrected chi connectivity index (χ0v) is 12.2. The zero-order valence-electron chi connectivity index (χ0n) is 11.4. The molecule has 0 bridgehead atoms. The van der Waals surface area contributed by atoms with Gasteiger partial charge in [0.1, 0.15) is 11.6 Å². The fraction of sp³-hybridized carbons (Fsp3) is 0.308. The molecule has 106 valence electrons. The van der Waals surface area contributed by atoms with Gasteiger partial charge in [-0.1, -0.05) is 6.07 Å². The lowest BCUT2D eigenvalue weighted by molar-refractivity contribution is -0.384. The van der Waals surface area contributed by atoms with Gasteiger partial charge < -0.3 is 10.2 Å². The van der Waals surface area contributed by atoms with Gasteiger partial charge in [-0.15, -0.1) is 11.3 Å². The van der Waals surface area contributed by atoms with Gasteiger partial charge in [0, 0.05) is 18.5 Å². The maximum atomic E-state index is 11.0. The van der Waals surface area contributed by atoms with Gasteiger partial charge in [0.05, 0.1) is 23.6 Å². The highest BCUT2D eigenvalue weighted by Gasteiger charge is 2.15. The van der Waals surface area contributed by atoms with E-state index in [2.05, 4.69) is 10.3 Å². The number of nitro groups is 1. The lowest BCUT2D eigenvalue weighted by Crippen LogP contribution is -2.23. The number of thiophene rings is 1. The van der Waals surface area contributed by atoms with Gasteiger partial charge in [-0.2, -0.15) is 0 Å². The summed E-state index contributed by atoms with van der Waals surface area (Å²) >= 11 is 1.66. The summed E-state index contributed by atoms with van der Waals surface area (Å²) < 4.78 is 0. The van der Waals surface area contributed by atoms with Gasteiger partial charge in [-0.05, 0) is 18.4 Å². The van der Waals surface area contributed by atoms with Gasteiger partial charge in [0.25, 0.3) is 5.69 Å². The third-order valence-electron chi connectivity index (χ3n) is 2.90. The third-order valence-corrected chi connectivity index (χ3v) is 3.76. The smallest absolute Gasteiger partial charge is 0.276 e. The third kappa shape index (κ3) is 3.24. The second-order valence-electron chi connectivity index (χ2n) is 4.17. The van der Waals surface area contributed by atoms with Crippen molar-refractivity contribution >= 4 is 28.7 Å². The number of nitrogens with zero attached hydrogens (tertiary/aromatic N) is 3. The van der Waals surface area contributed by atoms with E-state index in [1.807, 2.05) is 29.3 Å². The largest absolute Gasteiger partial charge is 0.373 e. The number of hydrogen-bond acceptors (Lipinski definition) is 6. The first-order valence-electron chi connectivity index (χ1n) is 6.25. The molecule has 2 aromatic rings. The van der Waals surface area contributed by atoms with Crippen LogP contribution < -0.4 is 10.2 Å². The monoisotopic (exact) mass is 292 g/mol. The van der Waals surface area contributed by atoms with Crippen molar-refractivity contribution in [3.8, 4) is 0 Å². The van der Waals surface area contributed by atoms with Crippen molar-refractivity contribution in [2.24, 2.45) is 0 Å². The van der Waals surface area contributed by atoms with E-state index in [1.165, 1.54) is 17.0 Å². The number of pyridine rings is 1.